The van der Waals surface area contributed by atoms with E-state index in [0.717, 1.165) is 19.3 Å². The number of rotatable bonds is 11. The van der Waals surface area contributed by atoms with Gasteiger partial charge in [0.25, 0.3) is 0 Å². The van der Waals surface area contributed by atoms with E-state index in [1.54, 1.807) is 13.8 Å². The smallest absolute Gasteiger partial charge is 0.187 e. The van der Waals surface area contributed by atoms with Gasteiger partial charge in [-0.15, -0.1) is 0 Å². The summed E-state index contributed by atoms with van der Waals surface area (Å²) in [5.74, 6) is -0.676. The fourth-order valence-corrected chi connectivity index (χ4v) is 15.5. The summed E-state index contributed by atoms with van der Waals surface area (Å²) in [6.07, 6.45) is -22.9. The molecule has 68 heavy (non-hydrogen) atoms. The van der Waals surface area contributed by atoms with Crippen molar-refractivity contribution in [2.75, 3.05) is 19.8 Å². The van der Waals surface area contributed by atoms with Crippen LogP contribution in [-0.4, -0.2) is 214 Å². The van der Waals surface area contributed by atoms with Crippen LogP contribution in [0.3, 0.4) is 0 Å². The molecule has 20 heteroatoms. The average molecular weight is 979 g/mol. The summed E-state index contributed by atoms with van der Waals surface area (Å²) in [7, 11) is 0. The van der Waals surface area contributed by atoms with Crippen LogP contribution in [-0.2, 0) is 33.2 Å². The van der Waals surface area contributed by atoms with E-state index in [2.05, 4.69) is 27.7 Å². The summed E-state index contributed by atoms with van der Waals surface area (Å²) in [6, 6.07) is 0. The average Bonchev–Trinajstić information content (AvgIpc) is 3.88. The Morgan fingerprint density at radius 1 is 0.603 bits per heavy atom. The first-order chi connectivity index (χ1) is 31.6. The number of hydrogen-bond acceptors (Lipinski definition) is 20. The topological polar surface area (TPSA) is 328 Å². The summed E-state index contributed by atoms with van der Waals surface area (Å²) in [5.41, 5.74) is -4.00. The van der Waals surface area contributed by atoms with Gasteiger partial charge in [-0.2, -0.15) is 0 Å². The summed E-state index contributed by atoms with van der Waals surface area (Å²) >= 11 is 0. The van der Waals surface area contributed by atoms with Gasteiger partial charge in [0.05, 0.1) is 55.4 Å². The van der Waals surface area contributed by atoms with Gasteiger partial charge in [-0.3, -0.25) is 0 Å². The van der Waals surface area contributed by atoms with Gasteiger partial charge in [-0.1, -0.05) is 34.6 Å². The number of aliphatic hydroxyl groups excluding tert-OH is 12. The van der Waals surface area contributed by atoms with Crippen LogP contribution in [0.1, 0.15) is 107 Å². The highest BCUT2D eigenvalue weighted by molar-refractivity contribution is 5.22. The lowest BCUT2D eigenvalue weighted by Crippen LogP contribution is -2.71. The Bertz CT molecular complexity index is 1750. The molecule has 27 atom stereocenters. The maximum Gasteiger partial charge on any atom is 0.187 e. The highest BCUT2D eigenvalue weighted by Gasteiger charge is 2.74. The first-order valence-corrected chi connectivity index (χ1v) is 24.9. The number of fused-ring (bicyclic) bond motifs is 5. The second kappa shape index (κ2) is 18.8. The molecule has 0 aromatic heterocycles. The molecule has 4 aliphatic heterocycles. The summed E-state index contributed by atoms with van der Waals surface area (Å²) < 4.78 is 43.7. The van der Waals surface area contributed by atoms with Crippen LogP contribution in [0.25, 0.3) is 0 Å². The van der Waals surface area contributed by atoms with E-state index in [1.165, 1.54) is 0 Å². The molecule has 0 bridgehead atoms. The minimum atomic E-state index is -1.90. The predicted octanol–water partition coefficient (Wildman–Crippen LogP) is -1.84. The quantitative estimate of drug-likeness (QED) is 0.101. The van der Waals surface area contributed by atoms with E-state index < -0.39 is 169 Å². The fourth-order valence-electron chi connectivity index (χ4n) is 15.5. The van der Waals surface area contributed by atoms with E-state index in [4.69, 9.17) is 33.2 Å². The SMILES string of the molecule is CC(C)(O)[C@H]1CC[C@@](C)([C@@H]2CC[C@@]3(C)[C@H]2[C@@H](O)C[C@H]2[C@]4(C)CC[C@@H](O)C(C)(C)[C@@H]4[C@@H](O[C@H]4O[C@@H](CO[C@@H]5O[C@H](CO)[C@@H](O)[C@@H](O)[C@@H]5O)[C@H](O)[C@@H](O)[C@@H]4O[C@H]4O[C@@H](CO)[C@H](O)[C@H](O)[C@H]4O)C[C@@]23C)O1. The van der Waals surface area contributed by atoms with Crippen molar-refractivity contribution in [3.05, 3.63) is 0 Å². The maximum atomic E-state index is 12.5. The minimum Gasteiger partial charge on any atom is -0.394 e. The first-order valence-electron chi connectivity index (χ1n) is 24.9. The third kappa shape index (κ3) is 8.56. The molecular weight excluding hydrogens is 897 g/mol. The summed E-state index contributed by atoms with van der Waals surface area (Å²) in [5, 5.41) is 143. The van der Waals surface area contributed by atoms with Crippen LogP contribution in [0.15, 0.2) is 0 Å². The molecule has 8 aliphatic rings. The van der Waals surface area contributed by atoms with Crippen molar-refractivity contribution in [2.24, 2.45) is 45.3 Å². The molecule has 0 aromatic rings. The Labute approximate surface area is 398 Å². The fraction of sp³-hybridized carbons (Fsp3) is 1.00. The molecule has 4 saturated heterocycles. The van der Waals surface area contributed by atoms with Crippen LogP contribution < -0.4 is 0 Å². The number of aliphatic hydroxyl groups is 13. The molecule has 0 unspecified atom stereocenters. The molecular formula is C48H82O20. The maximum absolute atomic E-state index is 12.5. The zero-order chi connectivity index (χ0) is 50.0. The van der Waals surface area contributed by atoms with Gasteiger partial charge in [0.2, 0.25) is 0 Å². The summed E-state index contributed by atoms with van der Waals surface area (Å²) in [6.45, 7) is 14.3. The van der Waals surface area contributed by atoms with Gasteiger partial charge in [-0.05, 0) is 117 Å². The van der Waals surface area contributed by atoms with E-state index >= 15 is 0 Å². The zero-order valence-electron chi connectivity index (χ0n) is 40.7. The molecule has 394 valence electrons. The molecule has 20 nitrogen and oxygen atoms in total. The van der Waals surface area contributed by atoms with Crippen molar-refractivity contribution < 1.29 is 99.5 Å². The van der Waals surface area contributed by atoms with E-state index in [9.17, 15) is 66.4 Å². The van der Waals surface area contributed by atoms with Crippen LogP contribution in [0, 0.1) is 45.3 Å². The molecule has 4 saturated carbocycles. The highest BCUT2D eigenvalue weighted by Crippen LogP contribution is 2.76. The van der Waals surface area contributed by atoms with Gasteiger partial charge in [0, 0.05) is 0 Å². The van der Waals surface area contributed by atoms with Gasteiger partial charge in [-0.25, -0.2) is 0 Å². The molecule has 8 rings (SSSR count). The molecule has 8 fully saturated rings. The van der Waals surface area contributed by atoms with Crippen molar-refractivity contribution in [3.8, 4) is 0 Å². The molecule has 4 heterocycles. The number of ether oxygens (including phenoxy) is 7. The third-order valence-electron chi connectivity index (χ3n) is 19.5. The second-order valence-corrected chi connectivity index (χ2v) is 24.1. The largest absolute Gasteiger partial charge is 0.394 e. The van der Waals surface area contributed by atoms with E-state index in [1.807, 2.05) is 13.8 Å². The Balaban J connectivity index is 1.15. The predicted molar refractivity (Wildman–Crippen MR) is 234 cm³/mol. The Hall–Kier alpha value is -0.800. The first kappa shape index (κ1) is 53.5. The van der Waals surface area contributed by atoms with Gasteiger partial charge in [0.15, 0.2) is 18.9 Å². The zero-order valence-corrected chi connectivity index (χ0v) is 40.7. The molecule has 0 radical (unpaired) electrons. The molecule has 0 aromatic carbocycles. The van der Waals surface area contributed by atoms with Crippen LogP contribution in [0.2, 0.25) is 0 Å². The Kier molecular flexibility index (Phi) is 14.8. The van der Waals surface area contributed by atoms with E-state index in [0.29, 0.717) is 32.1 Å². The van der Waals surface area contributed by atoms with Crippen LogP contribution in [0.5, 0.6) is 0 Å². The van der Waals surface area contributed by atoms with Crippen molar-refractivity contribution >= 4 is 0 Å². The van der Waals surface area contributed by atoms with Crippen molar-refractivity contribution in [1.29, 1.82) is 0 Å². The lowest BCUT2D eigenvalue weighted by atomic mass is 9.34. The van der Waals surface area contributed by atoms with E-state index in [-0.39, 0.29) is 23.9 Å². The molecule has 0 spiro atoms. The standard InChI is InChI=1S/C48H82O20/c1-43(2)27(52)10-12-45(5)26-15-21(51)29-20(48(8)14-11-28(68-48)44(3,4)61)9-13-46(29,6)47(26,7)16-22(39(43)45)63-42-38(67-41-37(60)34(57)31(54)24(18-50)65-41)35(58)32(55)25(66-42)19-62-40-36(59)33(56)30(53)23(17-49)64-40/h20-42,49-61H,9-19H2,1-8H3/t20-,21+,22+,23-,24+,25+,26+,27-,28-,29-,30-,31+,32+,33-,34+,35-,36+,37-,38+,39+,40-,41-,42+,45+,46+,47+,48+/m1/s1. The monoisotopic (exact) mass is 979 g/mol. The van der Waals surface area contributed by atoms with Gasteiger partial charge in [0.1, 0.15) is 73.2 Å². The van der Waals surface area contributed by atoms with Crippen molar-refractivity contribution in [1.82, 2.24) is 0 Å². The van der Waals surface area contributed by atoms with Crippen molar-refractivity contribution in [2.45, 2.75) is 234 Å². The third-order valence-corrected chi connectivity index (χ3v) is 19.5. The van der Waals surface area contributed by atoms with Crippen molar-refractivity contribution in [3.63, 3.8) is 0 Å². The normalized spacial score (nSPS) is 56.2. The lowest BCUT2D eigenvalue weighted by Gasteiger charge is -2.72. The van der Waals surface area contributed by atoms with Crippen LogP contribution >= 0.6 is 0 Å². The molecule has 0 amide bonds. The second-order valence-electron chi connectivity index (χ2n) is 24.1. The molecule has 13 N–H and O–H groups in total. The van der Waals surface area contributed by atoms with Crippen LogP contribution in [0.4, 0.5) is 0 Å². The Morgan fingerprint density at radius 3 is 1.76 bits per heavy atom. The number of hydrogen-bond donors (Lipinski definition) is 13. The van der Waals surface area contributed by atoms with Gasteiger partial charge < -0.3 is 99.5 Å². The van der Waals surface area contributed by atoms with Gasteiger partial charge >= 0.3 is 0 Å². The Morgan fingerprint density at radius 2 is 1.18 bits per heavy atom. The molecule has 4 aliphatic carbocycles. The summed E-state index contributed by atoms with van der Waals surface area (Å²) in [4.78, 5) is 0. The minimum absolute atomic E-state index is 0.0266. The lowest BCUT2D eigenvalue weighted by molar-refractivity contribution is -0.387. The highest BCUT2D eigenvalue weighted by atomic mass is 16.8.